The number of pyridine rings is 1. The molecule has 7 nitrogen and oxygen atoms in total. The van der Waals surface area contributed by atoms with Gasteiger partial charge in [-0.1, -0.05) is 12.1 Å². The molecule has 2 N–H and O–H groups in total. The Balaban J connectivity index is 1.30. The molecule has 202 valence electrons. The lowest BCUT2D eigenvalue weighted by atomic mass is 9.89. The SMILES string of the molecule is Cc1cc(-c2cnc3[nH]cc(-c4ccc(C(=O)N(C)C[C@H](C)O)cc4)c3c2)cc2c1N1CCN(C)C[C@@H]1CC2. The van der Waals surface area contributed by atoms with E-state index in [0.29, 0.717) is 18.2 Å². The van der Waals surface area contributed by atoms with Gasteiger partial charge in [-0.2, -0.15) is 0 Å². The number of rotatable bonds is 5. The quantitative estimate of drug-likeness (QED) is 0.396. The molecule has 4 aromatic rings. The van der Waals surface area contributed by atoms with Crippen LogP contribution >= 0.6 is 0 Å². The Labute approximate surface area is 230 Å². The number of aromatic amines is 1. The van der Waals surface area contributed by atoms with Gasteiger partial charge in [-0.05, 0) is 86.3 Å². The number of likely N-dealkylation sites (N-methyl/N-ethyl adjacent to an activating group) is 2. The van der Waals surface area contributed by atoms with Crippen LogP contribution in [-0.2, 0) is 6.42 Å². The number of fused-ring (bicyclic) bond motifs is 4. The van der Waals surface area contributed by atoms with Crippen LogP contribution in [0.2, 0.25) is 0 Å². The normalized spacial score (nSPS) is 18.1. The van der Waals surface area contributed by atoms with Gasteiger partial charge in [0.25, 0.3) is 5.91 Å². The molecule has 6 rings (SSSR count). The molecule has 7 heteroatoms. The summed E-state index contributed by atoms with van der Waals surface area (Å²) in [5.41, 5.74) is 10.1. The number of amides is 1. The molecule has 39 heavy (non-hydrogen) atoms. The summed E-state index contributed by atoms with van der Waals surface area (Å²) in [7, 11) is 3.94. The first-order valence-electron chi connectivity index (χ1n) is 13.9. The van der Waals surface area contributed by atoms with Gasteiger partial charge in [0, 0.05) is 79.4 Å². The van der Waals surface area contributed by atoms with E-state index in [1.165, 1.54) is 28.8 Å². The Kier molecular flexibility index (Phi) is 6.65. The molecule has 1 amide bonds. The smallest absolute Gasteiger partial charge is 0.253 e. The highest BCUT2D eigenvalue weighted by molar-refractivity contribution is 5.98. The molecule has 0 saturated carbocycles. The number of aryl methyl sites for hydroxylation is 2. The number of nitrogens with one attached hydrogen (secondary N) is 1. The fourth-order valence-corrected chi connectivity index (χ4v) is 6.39. The second kappa shape index (κ2) is 10.1. The number of hydrogen-bond acceptors (Lipinski definition) is 5. The molecule has 0 bridgehead atoms. The van der Waals surface area contributed by atoms with E-state index in [9.17, 15) is 9.90 Å². The third kappa shape index (κ3) is 4.81. The van der Waals surface area contributed by atoms with Crippen LogP contribution in [0.25, 0.3) is 33.3 Å². The van der Waals surface area contributed by atoms with Gasteiger partial charge in [-0.25, -0.2) is 4.98 Å². The number of aromatic nitrogens is 2. The molecule has 2 aromatic carbocycles. The lowest BCUT2D eigenvalue weighted by molar-refractivity contribution is 0.0703. The summed E-state index contributed by atoms with van der Waals surface area (Å²) in [5, 5.41) is 10.7. The number of benzene rings is 2. The Bertz CT molecular complexity index is 1520. The van der Waals surface area contributed by atoms with E-state index in [0.717, 1.165) is 53.8 Å². The molecule has 2 atom stereocenters. The van der Waals surface area contributed by atoms with E-state index in [2.05, 4.69) is 47.0 Å². The van der Waals surface area contributed by atoms with Gasteiger partial charge >= 0.3 is 0 Å². The molecular weight excluding hydrogens is 486 g/mol. The van der Waals surface area contributed by atoms with Crippen LogP contribution in [0.15, 0.2) is 54.9 Å². The van der Waals surface area contributed by atoms with Gasteiger partial charge in [0.1, 0.15) is 5.65 Å². The number of carbonyl (C=O) groups is 1. The van der Waals surface area contributed by atoms with Crippen molar-refractivity contribution in [2.75, 3.05) is 45.2 Å². The Hall–Kier alpha value is -3.68. The summed E-state index contributed by atoms with van der Waals surface area (Å²) in [5.74, 6) is -0.101. The summed E-state index contributed by atoms with van der Waals surface area (Å²) >= 11 is 0. The average molecular weight is 524 g/mol. The van der Waals surface area contributed by atoms with E-state index < -0.39 is 6.10 Å². The highest BCUT2D eigenvalue weighted by atomic mass is 16.3. The number of aliphatic hydroxyl groups excluding tert-OH is 1. The van der Waals surface area contributed by atoms with Gasteiger partial charge < -0.3 is 24.8 Å². The van der Waals surface area contributed by atoms with Crippen molar-refractivity contribution in [2.45, 2.75) is 38.8 Å². The second-order valence-corrected chi connectivity index (χ2v) is 11.4. The number of hydrogen-bond donors (Lipinski definition) is 2. The van der Waals surface area contributed by atoms with Gasteiger partial charge in [0.05, 0.1) is 6.10 Å². The molecule has 1 saturated heterocycles. The molecule has 2 aliphatic rings. The van der Waals surface area contributed by atoms with Crippen molar-refractivity contribution >= 4 is 22.6 Å². The fourth-order valence-electron chi connectivity index (χ4n) is 6.39. The summed E-state index contributed by atoms with van der Waals surface area (Å²) in [6, 6.07) is 15.2. The second-order valence-electron chi connectivity index (χ2n) is 11.4. The maximum absolute atomic E-state index is 12.7. The Morgan fingerprint density at radius 1 is 1.15 bits per heavy atom. The first-order chi connectivity index (χ1) is 18.8. The minimum Gasteiger partial charge on any atom is -0.392 e. The van der Waals surface area contributed by atoms with E-state index in [4.69, 9.17) is 4.98 Å². The summed E-state index contributed by atoms with van der Waals surface area (Å²) in [6.07, 6.45) is 5.71. The molecule has 1 fully saturated rings. The predicted molar refractivity (Wildman–Crippen MR) is 157 cm³/mol. The predicted octanol–water partition coefficient (Wildman–Crippen LogP) is 4.72. The molecule has 0 aliphatic carbocycles. The number of carbonyl (C=O) groups excluding carboxylic acids is 1. The van der Waals surface area contributed by atoms with Crippen molar-refractivity contribution in [2.24, 2.45) is 0 Å². The van der Waals surface area contributed by atoms with Gasteiger partial charge in [-0.15, -0.1) is 0 Å². The molecule has 2 aliphatic heterocycles. The van der Waals surface area contributed by atoms with Crippen LogP contribution in [0.5, 0.6) is 0 Å². The van der Waals surface area contributed by atoms with E-state index in [1.54, 1.807) is 18.9 Å². The monoisotopic (exact) mass is 523 g/mol. The van der Waals surface area contributed by atoms with Crippen LogP contribution in [0.4, 0.5) is 5.69 Å². The van der Waals surface area contributed by atoms with E-state index >= 15 is 0 Å². The van der Waals surface area contributed by atoms with Gasteiger partial charge in [-0.3, -0.25) is 4.79 Å². The largest absolute Gasteiger partial charge is 0.392 e. The minimum absolute atomic E-state index is 0.101. The van der Waals surface area contributed by atoms with Crippen LogP contribution < -0.4 is 4.90 Å². The van der Waals surface area contributed by atoms with Crippen LogP contribution in [0.3, 0.4) is 0 Å². The maximum atomic E-state index is 12.7. The van der Waals surface area contributed by atoms with Crippen molar-refractivity contribution < 1.29 is 9.90 Å². The minimum atomic E-state index is -0.561. The number of piperazine rings is 1. The maximum Gasteiger partial charge on any atom is 0.253 e. The van der Waals surface area contributed by atoms with Crippen molar-refractivity contribution in [1.29, 1.82) is 0 Å². The summed E-state index contributed by atoms with van der Waals surface area (Å²) in [4.78, 5) is 27.4. The first kappa shape index (κ1) is 25.6. The lowest BCUT2D eigenvalue weighted by Gasteiger charge is -2.46. The third-order valence-corrected chi connectivity index (χ3v) is 8.29. The lowest BCUT2D eigenvalue weighted by Crippen LogP contribution is -2.54. The molecule has 4 heterocycles. The molecule has 0 spiro atoms. The van der Waals surface area contributed by atoms with E-state index in [1.807, 2.05) is 36.7 Å². The molecule has 0 unspecified atom stereocenters. The number of aliphatic hydroxyl groups is 1. The topological polar surface area (TPSA) is 75.7 Å². The number of nitrogens with zero attached hydrogens (tertiary/aromatic N) is 4. The fraction of sp³-hybridized carbons (Fsp3) is 0.375. The average Bonchev–Trinajstić information content (AvgIpc) is 3.35. The zero-order valence-corrected chi connectivity index (χ0v) is 23.2. The van der Waals surface area contributed by atoms with Crippen LogP contribution in [-0.4, -0.2) is 83.2 Å². The highest BCUT2D eigenvalue weighted by Crippen LogP contribution is 2.39. The molecule has 2 aromatic heterocycles. The highest BCUT2D eigenvalue weighted by Gasteiger charge is 2.31. The van der Waals surface area contributed by atoms with Crippen molar-refractivity contribution in [1.82, 2.24) is 19.8 Å². The Morgan fingerprint density at radius 3 is 2.72 bits per heavy atom. The standard InChI is InChI=1S/C32H37N5O2/c1-20-13-25(14-24-9-10-27-19-35(3)11-12-37(27)30(20)24)26-15-28-29(17-34-31(28)33-16-26)22-5-7-23(8-6-22)32(39)36(4)18-21(2)38/h5-8,13-17,21,27,38H,9-12,18-19H2,1-4H3,(H,33,34)/t21-,27-/m0/s1. The van der Waals surface area contributed by atoms with E-state index in [-0.39, 0.29) is 5.91 Å². The van der Waals surface area contributed by atoms with Crippen LogP contribution in [0, 0.1) is 6.92 Å². The third-order valence-electron chi connectivity index (χ3n) is 8.29. The van der Waals surface area contributed by atoms with Gasteiger partial charge in [0.2, 0.25) is 0 Å². The molecular formula is C32H37N5O2. The zero-order valence-electron chi connectivity index (χ0n) is 23.2. The summed E-state index contributed by atoms with van der Waals surface area (Å²) < 4.78 is 0. The van der Waals surface area contributed by atoms with Gasteiger partial charge in [0.15, 0.2) is 0 Å². The number of H-pyrrole nitrogens is 1. The Morgan fingerprint density at radius 2 is 1.95 bits per heavy atom. The summed E-state index contributed by atoms with van der Waals surface area (Å²) in [6.45, 7) is 7.58. The zero-order chi connectivity index (χ0) is 27.3. The number of anilines is 1. The van der Waals surface area contributed by atoms with Crippen molar-refractivity contribution in [3.8, 4) is 22.3 Å². The first-order valence-corrected chi connectivity index (χ1v) is 13.9. The van der Waals surface area contributed by atoms with Crippen LogP contribution in [0.1, 0.15) is 34.8 Å². The van der Waals surface area contributed by atoms with Crippen molar-refractivity contribution in [3.05, 3.63) is 71.5 Å². The van der Waals surface area contributed by atoms with Crippen molar-refractivity contribution in [3.63, 3.8) is 0 Å². The molecule has 0 radical (unpaired) electrons.